The van der Waals surface area contributed by atoms with Crippen molar-refractivity contribution >= 4 is 96.9 Å². The number of hydrogen-bond donors (Lipinski definition) is 30. The number of unbranched alkanes of at least 4 members (excludes halogenated alkanes) is 1. The Balaban J connectivity index is -0.000000142. The van der Waals surface area contributed by atoms with E-state index < -0.39 is 121 Å². The number of nitrogens with two attached hydrogens (primary N) is 11. The van der Waals surface area contributed by atoms with Crippen LogP contribution in [0.3, 0.4) is 0 Å². The molecule has 2 aromatic rings. The molecule has 0 spiro atoms. The molecule has 9 atom stereocenters. The smallest absolute Gasteiger partial charge is 0.322 e. The molecule has 2 fully saturated rings. The second kappa shape index (κ2) is 67.1. The quantitative estimate of drug-likeness (QED) is 0.0324. The van der Waals surface area contributed by atoms with E-state index >= 15 is 0 Å². The second-order valence-electron chi connectivity index (χ2n) is 18.4. The second-order valence-corrected chi connectivity index (χ2v) is 19.1. The highest BCUT2D eigenvalue weighted by Crippen LogP contribution is 2.05. The molecule has 39 N–H and O–H groups in total. The number of hydrogen-bond acceptors (Lipinski definition) is 30. The first-order valence-electron chi connectivity index (χ1n) is 27.1. The SMILES string of the molecule is CC(C)C[C@H](N)C(=O)O.NCC(=O)O.NCC(=O)O.NCC(=O)O.NCCCC[C@H](N)C(=O)O.N[C@@H](CO)C(=O)O.N[C@@H](CS)C(=O)O.N[C@@H](CS)C(=O)O.N[C@@H](Cc1c[nH]cn1)C(=O)O.N[C@@H](Cc1c[nH]cn1)C(=O)O.O=C(O)[C@@H]1CCCN1.O=C(O)[C@@H]1CCCN1. The maximum Gasteiger partial charge on any atom is 0.322 e. The monoisotopic (exact) mass is 1390 g/mol. The van der Waals surface area contributed by atoms with Crippen LogP contribution in [0.1, 0.15) is 76.6 Å². The zero-order chi connectivity index (χ0) is 74.4. The van der Waals surface area contributed by atoms with E-state index in [0.717, 1.165) is 51.6 Å². The minimum Gasteiger partial charge on any atom is -0.480 e. The Morgan fingerprint density at radius 2 is 0.763 bits per heavy atom. The molecular formula is C49H99N17O25S2. The third kappa shape index (κ3) is 78.4. The lowest BCUT2D eigenvalue weighted by atomic mass is 10.1. The van der Waals surface area contributed by atoms with Crippen LogP contribution in [0, 0.1) is 5.92 Å². The highest BCUT2D eigenvalue weighted by Gasteiger charge is 2.21. The van der Waals surface area contributed by atoms with Crippen molar-refractivity contribution in [3.05, 3.63) is 36.4 Å². The number of imidazole rings is 2. The lowest BCUT2D eigenvalue weighted by Crippen LogP contribution is -2.33. The maximum absolute atomic E-state index is 10.3. The summed E-state index contributed by atoms with van der Waals surface area (Å²) in [6.07, 6.45) is 13.0. The van der Waals surface area contributed by atoms with Crippen LogP contribution in [0.2, 0.25) is 0 Å². The van der Waals surface area contributed by atoms with E-state index in [9.17, 15) is 57.5 Å². The van der Waals surface area contributed by atoms with Crippen molar-refractivity contribution in [2.24, 2.45) is 69.0 Å². The minimum absolute atomic E-state index is 0.190. The standard InChI is InChI=1S/2C6H9N3O2.C6H14N2O2.C6H13NO2.2C5H9NO2.C3H7NO3.2C3H7NO2S.3C2H5NO2/c2*7-5(6(10)11)1-4-2-8-3-9-4;7-4-2-1-3-5(8)6(9)10;1-4(2)3-5(7)6(8)9;2*7-5(8)4-2-1-3-6-4;4-2(1-5)3(6)7;2*4-2(1-7)3(5)6;3*3-1-2(4)5/h2*2-3,5H,1,7H2,(H,8,9)(H,10,11);5H,1-4,7-8H2,(H,9,10);4-5H,3,7H2,1-2H3,(H,8,9);2*4,6H,1-3H2,(H,7,8);2,5H,1,4H2,(H,6,7);2*2,7H,1,4H2,(H,5,6);3*1,3H2,(H,4,5)/t4*5-;2*4-;3*2-;;;/m000000000.../s1. The van der Waals surface area contributed by atoms with Crippen LogP contribution < -0.4 is 73.7 Å². The Kier molecular flexibility index (Phi) is 73.1. The van der Waals surface area contributed by atoms with Crippen molar-refractivity contribution in [2.45, 2.75) is 132 Å². The van der Waals surface area contributed by atoms with Gasteiger partial charge in [0.2, 0.25) is 0 Å². The van der Waals surface area contributed by atoms with Crippen LogP contribution in [0.15, 0.2) is 25.0 Å². The maximum atomic E-state index is 10.3. The number of aromatic amines is 2. The number of aliphatic carboxylic acids is 12. The van der Waals surface area contributed by atoms with Crippen LogP contribution in [-0.4, -0.2) is 270 Å². The highest BCUT2D eigenvalue weighted by atomic mass is 32.1. The number of carboxylic acids is 12. The number of nitrogens with zero attached hydrogens (tertiary/aromatic N) is 2. The zero-order valence-corrected chi connectivity index (χ0v) is 53.2. The fourth-order valence-corrected chi connectivity index (χ4v) is 5.01. The van der Waals surface area contributed by atoms with Crippen molar-refractivity contribution in [2.75, 3.05) is 57.4 Å². The molecule has 542 valence electrons. The van der Waals surface area contributed by atoms with Gasteiger partial charge in [-0.15, -0.1) is 0 Å². The minimum atomic E-state index is -1.18. The lowest BCUT2D eigenvalue weighted by Gasteiger charge is -2.07. The number of rotatable bonds is 25. The van der Waals surface area contributed by atoms with Gasteiger partial charge in [-0.2, -0.15) is 25.3 Å². The van der Waals surface area contributed by atoms with Crippen LogP contribution in [-0.2, 0) is 70.4 Å². The van der Waals surface area contributed by atoms with Crippen molar-refractivity contribution in [3.63, 3.8) is 0 Å². The van der Waals surface area contributed by atoms with Crippen LogP contribution in [0.4, 0.5) is 0 Å². The van der Waals surface area contributed by atoms with Crippen molar-refractivity contribution < 1.29 is 124 Å². The van der Waals surface area contributed by atoms with E-state index in [4.69, 9.17) is 112 Å². The number of H-pyrrole nitrogens is 2. The summed E-state index contributed by atoms with van der Waals surface area (Å²) in [5, 5.41) is 111. The molecule has 2 saturated heterocycles. The normalized spacial score (nSPS) is 14.8. The van der Waals surface area contributed by atoms with E-state index in [2.05, 4.69) is 73.0 Å². The zero-order valence-electron chi connectivity index (χ0n) is 51.4. The van der Waals surface area contributed by atoms with E-state index in [1.54, 1.807) is 12.4 Å². The third-order valence-corrected chi connectivity index (χ3v) is 10.5. The van der Waals surface area contributed by atoms with Gasteiger partial charge in [0.25, 0.3) is 0 Å². The molecule has 44 heteroatoms. The van der Waals surface area contributed by atoms with Gasteiger partial charge < -0.3 is 150 Å². The molecule has 42 nitrogen and oxygen atoms in total. The molecule has 0 aliphatic carbocycles. The first-order valence-corrected chi connectivity index (χ1v) is 28.4. The molecule has 0 saturated carbocycles. The number of aliphatic hydroxyl groups is 1. The van der Waals surface area contributed by atoms with E-state index in [0.29, 0.717) is 36.7 Å². The molecule has 4 heterocycles. The van der Waals surface area contributed by atoms with Crippen molar-refractivity contribution in [1.82, 2.24) is 30.6 Å². The number of carboxylic acid groups (broad SMARTS) is 12. The molecule has 93 heavy (non-hydrogen) atoms. The molecule has 2 aromatic heterocycles. The average molecular weight is 1390 g/mol. The van der Waals surface area contributed by atoms with Gasteiger partial charge in [0.15, 0.2) is 0 Å². The number of aromatic nitrogens is 4. The Hall–Kier alpha value is -7.80. The van der Waals surface area contributed by atoms with Crippen LogP contribution in [0.5, 0.6) is 0 Å². The summed E-state index contributed by atoms with van der Waals surface area (Å²) in [6, 6.07) is -6.43. The summed E-state index contributed by atoms with van der Waals surface area (Å²) in [5.41, 5.74) is 55.8. The van der Waals surface area contributed by atoms with Crippen LogP contribution in [0.25, 0.3) is 0 Å². The molecule has 2 aliphatic heterocycles. The Labute approximate surface area is 545 Å². The Morgan fingerprint density at radius 1 is 0.473 bits per heavy atom. The number of aliphatic hydroxyl groups excluding tert-OH is 1. The first kappa shape index (κ1) is 101. The summed E-state index contributed by atoms with van der Waals surface area (Å²) in [5.74, 6) is -10.7. The highest BCUT2D eigenvalue weighted by molar-refractivity contribution is 7.80. The van der Waals surface area contributed by atoms with Gasteiger partial charge in [0.05, 0.1) is 50.3 Å². The fraction of sp³-hybridized carbons (Fsp3) is 0.633. The van der Waals surface area contributed by atoms with Gasteiger partial charge in [-0.1, -0.05) is 20.3 Å². The van der Waals surface area contributed by atoms with Gasteiger partial charge >= 0.3 is 71.6 Å². The van der Waals surface area contributed by atoms with E-state index in [1.165, 1.54) is 12.7 Å². The predicted octanol–water partition coefficient (Wildman–Crippen LogP) is -7.52. The molecule has 0 unspecified atom stereocenters. The number of thiol groups is 2. The number of carbonyl (C=O) groups is 12. The van der Waals surface area contributed by atoms with E-state index in [-0.39, 0.29) is 56.1 Å². The largest absolute Gasteiger partial charge is 0.480 e. The summed E-state index contributed by atoms with van der Waals surface area (Å²) in [6.45, 7) is 4.88. The summed E-state index contributed by atoms with van der Waals surface area (Å²) < 4.78 is 0. The molecule has 0 amide bonds. The van der Waals surface area contributed by atoms with Crippen LogP contribution >= 0.6 is 25.3 Å². The van der Waals surface area contributed by atoms with Gasteiger partial charge in [0.1, 0.15) is 54.4 Å². The molecule has 0 aromatic carbocycles. The summed E-state index contributed by atoms with van der Waals surface area (Å²) >= 11 is 7.30. The Bertz CT molecular complexity index is 2130. The fourth-order valence-electron chi connectivity index (χ4n) is 4.70. The van der Waals surface area contributed by atoms with Crippen molar-refractivity contribution in [1.29, 1.82) is 0 Å². The lowest BCUT2D eigenvalue weighted by molar-refractivity contribution is -0.140. The summed E-state index contributed by atoms with van der Waals surface area (Å²) in [4.78, 5) is 131. The van der Waals surface area contributed by atoms with Gasteiger partial charge in [-0.05, 0) is 70.5 Å². The molecule has 0 bridgehead atoms. The molecule has 0 radical (unpaired) electrons. The van der Waals surface area contributed by atoms with Crippen molar-refractivity contribution in [3.8, 4) is 0 Å². The van der Waals surface area contributed by atoms with Gasteiger partial charge in [-0.25, -0.2) is 9.97 Å². The first-order chi connectivity index (χ1) is 43.1. The average Bonchev–Trinajstić information content (AvgIpc) is 3.87. The molecule has 4 rings (SSSR count). The molecule has 2 aliphatic rings. The molecular weight excluding hydrogens is 1290 g/mol. The topological polar surface area (TPSA) is 835 Å². The van der Waals surface area contributed by atoms with Gasteiger partial charge in [0, 0.05) is 36.7 Å². The predicted molar refractivity (Wildman–Crippen MR) is 338 cm³/mol. The third-order valence-electron chi connectivity index (χ3n) is 9.71. The van der Waals surface area contributed by atoms with E-state index in [1.807, 2.05) is 13.8 Å². The summed E-state index contributed by atoms with van der Waals surface area (Å²) in [7, 11) is 0. The Morgan fingerprint density at radius 3 is 0.892 bits per heavy atom. The number of nitrogens with one attached hydrogen (secondary N) is 4. The van der Waals surface area contributed by atoms with Gasteiger partial charge in [-0.3, -0.25) is 57.5 Å².